The topological polar surface area (TPSA) is 64.4 Å². The fraction of sp³-hybridized carbons (Fsp3) is 0.412. The van der Waals surface area contributed by atoms with Crippen molar-refractivity contribution in [2.75, 3.05) is 0 Å². The molecule has 0 spiro atoms. The Morgan fingerprint density at radius 1 is 1.32 bits per heavy atom. The lowest BCUT2D eigenvalue weighted by atomic mass is 10.2. The number of aromatic nitrogens is 1. The Morgan fingerprint density at radius 3 is 2.64 bits per heavy atom. The van der Waals surface area contributed by atoms with Gasteiger partial charge in [0.05, 0.1) is 5.69 Å². The maximum Gasteiger partial charge on any atom is 0.261 e. The van der Waals surface area contributed by atoms with E-state index in [-0.39, 0.29) is 5.91 Å². The van der Waals surface area contributed by atoms with Gasteiger partial charge in [-0.3, -0.25) is 4.79 Å². The highest BCUT2D eigenvalue weighted by molar-refractivity contribution is 5.81. The summed E-state index contributed by atoms with van der Waals surface area (Å²) < 4.78 is 10.9. The van der Waals surface area contributed by atoms with E-state index >= 15 is 0 Å². The van der Waals surface area contributed by atoms with Crippen LogP contribution in [0.5, 0.6) is 5.75 Å². The van der Waals surface area contributed by atoms with Gasteiger partial charge in [0.2, 0.25) is 0 Å². The van der Waals surface area contributed by atoms with Gasteiger partial charge in [0.15, 0.2) is 6.10 Å². The maximum atomic E-state index is 12.3. The molecule has 0 aliphatic rings. The smallest absolute Gasteiger partial charge is 0.261 e. The molecule has 0 bridgehead atoms. The van der Waals surface area contributed by atoms with Crippen molar-refractivity contribution in [1.29, 1.82) is 0 Å². The van der Waals surface area contributed by atoms with Crippen molar-refractivity contribution in [2.24, 2.45) is 0 Å². The largest absolute Gasteiger partial charge is 0.480 e. The summed E-state index contributed by atoms with van der Waals surface area (Å²) in [7, 11) is 0. The number of benzene rings is 1. The standard InChI is InChI=1S/C17H22N2O3/c1-5-15(21-16-9-7-6-8-11(16)2)17(20)18-10-14-12(3)19-22-13(14)4/h6-9,15H,5,10H2,1-4H3,(H,18,20)/t15-/m0/s1. The van der Waals surface area contributed by atoms with Crippen LogP contribution in [0.15, 0.2) is 28.8 Å². The van der Waals surface area contributed by atoms with Gasteiger partial charge in [0.25, 0.3) is 5.91 Å². The van der Waals surface area contributed by atoms with Gasteiger partial charge in [-0.1, -0.05) is 30.3 Å². The first-order valence-electron chi connectivity index (χ1n) is 7.44. The third kappa shape index (κ3) is 3.67. The lowest BCUT2D eigenvalue weighted by molar-refractivity contribution is -0.128. The molecule has 1 atom stereocenters. The molecule has 0 aliphatic carbocycles. The van der Waals surface area contributed by atoms with E-state index in [1.807, 2.05) is 52.0 Å². The van der Waals surface area contributed by atoms with Crippen molar-refractivity contribution in [3.05, 3.63) is 46.8 Å². The Labute approximate surface area is 130 Å². The van der Waals surface area contributed by atoms with Gasteiger partial charge in [-0.05, 0) is 38.8 Å². The third-order valence-electron chi connectivity index (χ3n) is 3.65. The van der Waals surface area contributed by atoms with Gasteiger partial charge < -0.3 is 14.6 Å². The molecule has 1 N–H and O–H groups in total. The number of hydrogen-bond donors (Lipinski definition) is 1. The SMILES string of the molecule is CC[C@H](Oc1ccccc1C)C(=O)NCc1c(C)noc1C. The first-order valence-corrected chi connectivity index (χ1v) is 7.44. The molecule has 22 heavy (non-hydrogen) atoms. The molecule has 118 valence electrons. The Bertz CT molecular complexity index is 630. The van der Waals surface area contributed by atoms with Gasteiger partial charge in [0, 0.05) is 12.1 Å². The molecule has 1 aromatic heterocycles. The van der Waals surface area contributed by atoms with Crippen LogP contribution in [0.2, 0.25) is 0 Å². The second kappa shape index (κ2) is 7.11. The van der Waals surface area contributed by atoms with E-state index in [9.17, 15) is 4.79 Å². The summed E-state index contributed by atoms with van der Waals surface area (Å²) in [6, 6.07) is 7.68. The van der Waals surface area contributed by atoms with Gasteiger partial charge in [-0.2, -0.15) is 0 Å². The monoisotopic (exact) mass is 302 g/mol. The van der Waals surface area contributed by atoms with E-state index in [0.717, 1.165) is 28.3 Å². The van der Waals surface area contributed by atoms with Crippen molar-refractivity contribution in [3.63, 3.8) is 0 Å². The summed E-state index contributed by atoms with van der Waals surface area (Å²) >= 11 is 0. The molecule has 0 radical (unpaired) electrons. The fourth-order valence-electron chi connectivity index (χ4n) is 2.21. The Morgan fingerprint density at radius 2 is 2.05 bits per heavy atom. The highest BCUT2D eigenvalue weighted by Crippen LogP contribution is 2.19. The highest BCUT2D eigenvalue weighted by Gasteiger charge is 2.20. The van der Waals surface area contributed by atoms with Crippen molar-refractivity contribution in [2.45, 2.75) is 46.8 Å². The molecule has 2 aromatic rings. The van der Waals surface area contributed by atoms with Gasteiger partial charge in [-0.25, -0.2) is 0 Å². The molecule has 2 rings (SSSR count). The first-order chi connectivity index (χ1) is 10.5. The van der Waals surface area contributed by atoms with Crippen molar-refractivity contribution < 1.29 is 14.1 Å². The van der Waals surface area contributed by atoms with Crippen molar-refractivity contribution >= 4 is 5.91 Å². The number of nitrogens with one attached hydrogen (secondary N) is 1. The summed E-state index contributed by atoms with van der Waals surface area (Å²) in [5, 5.41) is 6.77. The van der Waals surface area contributed by atoms with Crippen LogP contribution in [0, 0.1) is 20.8 Å². The number of carbonyl (C=O) groups is 1. The molecule has 0 saturated carbocycles. The van der Waals surface area contributed by atoms with E-state index in [4.69, 9.17) is 9.26 Å². The van der Waals surface area contributed by atoms with Crippen LogP contribution < -0.4 is 10.1 Å². The number of carbonyl (C=O) groups excluding carboxylic acids is 1. The number of nitrogens with zero attached hydrogens (tertiary/aromatic N) is 1. The number of para-hydroxylation sites is 1. The van der Waals surface area contributed by atoms with E-state index < -0.39 is 6.10 Å². The van der Waals surface area contributed by atoms with Crippen LogP contribution in [-0.4, -0.2) is 17.2 Å². The molecular formula is C17H22N2O3. The normalized spacial score (nSPS) is 12.0. The number of aryl methyl sites for hydroxylation is 3. The van der Waals surface area contributed by atoms with Crippen LogP contribution >= 0.6 is 0 Å². The third-order valence-corrected chi connectivity index (χ3v) is 3.65. The lowest BCUT2D eigenvalue weighted by Crippen LogP contribution is -2.37. The summed E-state index contributed by atoms with van der Waals surface area (Å²) in [5.74, 6) is 1.33. The number of ether oxygens (including phenoxy) is 1. The van der Waals surface area contributed by atoms with Crippen LogP contribution in [0.3, 0.4) is 0 Å². The summed E-state index contributed by atoms with van der Waals surface area (Å²) in [4.78, 5) is 12.3. The second-order valence-corrected chi connectivity index (χ2v) is 5.30. The summed E-state index contributed by atoms with van der Waals surface area (Å²) in [6.45, 7) is 7.98. The van der Waals surface area contributed by atoms with Crippen LogP contribution in [0.1, 0.15) is 35.9 Å². The molecular weight excluding hydrogens is 280 g/mol. The van der Waals surface area contributed by atoms with Gasteiger partial charge >= 0.3 is 0 Å². The zero-order chi connectivity index (χ0) is 16.1. The van der Waals surface area contributed by atoms with Crippen molar-refractivity contribution in [1.82, 2.24) is 10.5 Å². The van der Waals surface area contributed by atoms with Crippen molar-refractivity contribution in [3.8, 4) is 5.75 Å². The zero-order valence-electron chi connectivity index (χ0n) is 13.5. The van der Waals surface area contributed by atoms with E-state index in [0.29, 0.717) is 13.0 Å². The second-order valence-electron chi connectivity index (χ2n) is 5.30. The minimum atomic E-state index is -0.512. The molecule has 5 heteroatoms. The first kappa shape index (κ1) is 16.1. The molecule has 0 saturated heterocycles. The zero-order valence-corrected chi connectivity index (χ0v) is 13.5. The number of hydrogen-bond acceptors (Lipinski definition) is 4. The fourth-order valence-corrected chi connectivity index (χ4v) is 2.21. The minimum Gasteiger partial charge on any atom is -0.480 e. The Balaban J connectivity index is 1.99. The van der Waals surface area contributed by atoms with Gasteiger partial charge in [0.1, 0.15) is 11.5 Å². The molecule has 1 heterocycles. The molecule has 1 amide bonds. The van der Waals surface area contributed by atoms with E-state index in [1.54, 1.807) is 0 Å². The maximum absolute atomic E-state index is 12.3. The molecule has 0 fully saturated rings. The predicted octanol–water partition coefficient (Wildman–Crippen LogP) is 3.07. The average molecular weight is 302 g/mol. The quantitative estimate of drug-likeness (QED) is 0.890. The number of amides is 1. The summed E-state index contributed by atoms with van der Waals surface area (Å²) in [5.41, 5.74) is 2.73. The Hall–Kier alpha value is -2.30. The molecule has 5 nitrogen and oxygen atoms in total. The van der Waals surface area contributed by atoms with E-state index in [2.05, 4.69) is 10.5 Å². The Kier molecular flexibility index (Phi) is 5.20. The molecule has 0 unspecified atom stereocenters. The highest BCUT2D eigenvalue weighted by atomic mass is 16.5. The predicted molar refractivity (Wildman–Crippen MR) is 83.7 cm³/mol. The van der Waals surface area contributed by atoms with E-state index in [1.165, 1.54) is 0 Å². The van der Waals surface area contributed by atoms with Gasteiger partial charge in [-0.15, -0.1) is 0 Å². The van der Waals surface area contributed by atoms with Crippen LogP contribution in [-0.2, 0) is 11.3 Å². The number of rotatable bonds is 6. The minimum absolute atomic E-state index is 0.134. The van der Waals surface area contributed by atoms with Crippen LogP contribution in [0.25, 0.3) is 0 Å². The average Bonchev–Trinajstić information content (AvgIpc) is 2.83. The van der Waals surface area contributed by atoms with Crippen LogP contribution in [0.4, 0.5) is 0 Å². The molecule has 0 aliphatic heterocycles. The summed E-state index contributed by atoms with van der Waals surface area (Å²) in [6.07, 6.45) is 0.0865. The lowest BCUT2D eigenvalue weighted by Gasteiger charge is -2.18. The molecule has 1 aromatic carbocycles.